The third-order valence-electron chi connectivity index (χ3n) is 3.52. The van der Waals surface area contributed by atoms with Crippen molar-refractivity contribution in [2.75, 3.05) is 31.7 Å². The SMILES string of the molecule is COc1ccc(N(CCOc2ccccc2Cl)CCC(N)=O)cc1. The maximum absolute atomic E-state index is 11.1. The van der Waals surface area contributed by atoms with E-state index < -0.39 is 0 Å². The van der Waals surface area contributed by atoms with Gasteiger partial charge in [-0.1, -0.05) is 23.7 Å². The first-order valence-corrected chi connectivity index (χ1v) is 8.02. The summed E-state index contributed by atoms with van der Waals surface area (Å²) in [7, 11) is 1.62. The lowest BCUT2D eigenvalue weighted by molar-refractivity contribution is -0.117. The second kappa shape index (κ2) is 9.03. The number of nitrogens with zero attached hydrogens (tertiary/aromatic N) is 1. The summed E-state index contributed by atoms with van der Waals surface area (Å²) in [6.45, 7) is 1.56. The van der Waals surface area contributed by atoms with E-state index in [1.165, 1.54) is 0 Å². The largest absolute Gasteiger partial charge is 0.497 e. The minimum Gasteiger partial charge on any atom is -0.497 e. The van der Waals surface area contributed by atoms with E-state index in [0.29, 0.717) is 30.5 Å². The molecule has 2 aromatic rings. The Balaban J connectivity index is 1.99. The van der Waals surface area contributed by atoms with Crippen molar-refractivity contribution in [2.24, 2.45) is 5.73 Å². The summed E-state index contributed by atoms with van der Waals surface area (Å²) >= 11 is 6.08. The van der Waals surface area contributed by atoms with E-state index in [-0.39, 0.29) is 12.3 Å². The van der Waals surface area contributed by atoms with Gasteiger partial charge < -0.3 is 20.1 Å². The molecule has 0 saturated carbocycles. The lowest BCUT2D eigenvalue weighted by Crippen LogP contribution is -2.31. The molecule has 128 valence electrons. The standard InChI is InChI=1S/C18H21ClN2O3/c1-23-15-8-6-14(7-9-15)21(11-10-18(20)22)12-13-24-17-5-3-2-4-16(17)19/h2-9H,10-13H2,1H3,(H2,20,22). The molecule has 0 fully saturated rings. The highest BCUT2D eigenvalue weighted by atomic mass is 35.5. The number of methoxy groups -OCH3 is 1. The Morgan fingerprint density at radius 2 is 1.83 bits per heavy atom. The van der Waals surface area contributed by atoms with Crippen molar-refractivity contribution in [3.8, 4) is 11.5 Å². The number of hydrogen-bond donors (Lipinski definition) is 1. The van der Waals surface area contributed by atoms with E-state index in [9.17, 15) is 4.79 Å². The molecule has 1 amide bonds. The molecule has 2 aromatic carbocycles. The molecule has 2 N–H and O–H groups in total. The Hall–Kier alpha value is -2.40. The highest BCUT2D eigenvalue weighted by Gasteiger charge is 2.09. The average molecular weight is 349 g/mol. The van der Waals surface area contributed by atoms with Gasteiger partial charge in [-0.05, 0) is 36.4 Å². The molecule has 0 unspecified atom stereocenters. The molecule has 0 aliphatic rings. The van der Waals surface area contributed by atoms with Gasteiger partial charge in [-0.2, -0.15) is 0 Å². The van der Waals surface area contributed by atoms with Gasteiger partial charge >= 0.3 is 0 Å². The Labute approximate surface area is 146 Å². The number of anilines is 1. The molecule has 2 rings (SSSR count). The van der Waals surface area contributed by atoms with Crippen molar-refractivity contribution < 1.29 is 14.3 Å². The summed E-state index contributed by atoms with van der Waals surface area (Å²) in [4.78, 5) is 13.1. The van der Waals surface area contributed by atoms with Crippen LogP contribution in [0.4, 0.5) is 5.69 Å². The number of primary amides is 1. The van der Waals surface area contributed by atoms with Crippen LogP contribution in [0.5, 0.6) is 11.5 Å². The van der Waals surface area contributed by atoms with Gasteiger partial charge in [0.1, 0.15) is 18.1 Å². The smallest absolute Gasteiger partial charge is 0.219 e. The van der Waals surface area contributed by atoms with Crippen LogP contribution in [-0.4, -0.2) is 32.7 Å². The minimum atomic E-state index is -0.333. The van der Waals surface area contributed by atoms with Crippen LogP contribution in [0.2, 0.25) is 5.02 Å². The first-order valence-electron chi connectivity index (χ1n) is 7.65. The number of para-hydroxylation sites is 1. The first-order chi connectivity index (χ1) is 11.6. The van der Waals surface area contributed by atoms with Gasteiger partial charge in [-0.15, -0.1) is 0 Å². The molecule has 5 nitrogen and oxygen atoms in total. The van der Waals surface area contributed by atoms with E-state index in [0.717, 1.165) is 11.4 Å². The van der Waals surface area contributed by atoms with Crippen LogP contribution >= 0.6 is 11.6 Å². The number of rotatable bonds is 9. The van der Waals surface area contributed by atoms with Gasteiger partial charge in [0.15, 0.2) is 0 Å². The summed E-state index contributed by atoms with van der Waals surface area (Å²) in [6, 6.07) is 15.0. The Morgan fingerprint density at radius 3 is 2.46 bits per heavy atom. The fourth-order valence-electron chi connectivity index (χ4n) is 2.24. The molecule has 0 atom stereocenters. The van der Waals surface area contributed by atoms with Crippen molar-refractivity contribution in [1.29, 1.82) is 0 Å². The highest BCUT2D eigenvalue weighted by Crippen LogP contribution is 2.23. The molecule has 24 heavy (non-hydrogen) atoms. The van der Waals surface area contributed by atoms with Crippen LogP contribution in [-0.2, 0) is 4.79 Å². The van der Waals surface area contributed by atoms with Gasteiger partial charge in [0.25, 0.3) is 0 Å². The molecule has 0 heterocycles. The molecular formula is C18H21ClN2O3. The number of ether oxygens (including phenoxy) is 2. The topological polar surface area (TPSA) is 64.8 Å². The van der Waals surface area contributed by atoms with Crippen LogP contribution in [0.3, 0.4) is 0 Å². The predicted octanol–water partition coefficient (Wildman–Crippen LogP) is 3.11. The van der Waals surface area contributed by atoms with Crippen LogP contribution < -0.4 is 20.1 Å². The number of hydrogen-bond acceptors (Lipinski definition) is 4. The summed E-state index contributed by atoms with van der Waals surface area (Å²) in [5.74, 6) is 1.09. The molecule has 0 aliphatic carbocycles. The average Bonchev–Trinajstić information content (AvgIpc) is 2.59. The third kappa shape index (κ3) is 5.35. The number of halogens is 1. The maximum Gasteiger partial charge on any atom is 0.219 e. The fraction of sp³-hybridized carbons (Fsp3) is 0.278. The second-order valence-corrected chi connectivity index (χ2v) is 5.59. The molecule has 0 radical (unpaired) electrons. The van der Waals surface area contributed by atoms with Crippen LogP contribution in [0, 0.1) is 0 Å². The van der Waals surface area contributed by atoms with Gasteiger partial charge in [0.05, 0.1) is 18.7 Å². The zero-order valence-corrected chi connectivity index (χ0v) is 14.3. The predicted molar refractivity (Wildman–Crippen MR) is 96.0 cm³/mol. The fourth-order valence-corrected chi connectivity index (χ4v) is 2.43. The Kier molecular flexibility index (Phi) is 6.75. The van der Waals surface area contributed by atoms with E-state index in [2.05, 4.69) is 0 Å². The third-order valence-corrected chi connectivity index (χ3v) is 3.83. The van der Waals surface area contributed by atoms with Gasteiger partial charge in [-0.3, -0.25) is 4.79 Å². The lowest BCUT2D eigenvalue weighted by Gasteiger charge is -2.24. The van der Waals surface area contributed by atoms with Crippen molar-refractivity contribution in [3.05, 3.63) is 53.6 Å². The Bertz CT molecular complexity index is 662. The summed E-state index contributed by atoms with van der Waals surface area (Å²) in [5, 5.41) is 0.575. The molecule has 0 spiro atoms. The zero-order chi connectivity index (χ0) is 17.4. The van der Waals surface area contributed by atoms with E-state index in [4.69, 9.17) is 26.8 Å². The van der Waals surface area contributed by atoms with Crippen LogP contribution in [0.25, 0.3) is 0 Å². The second-order valence-electron chi connectivity index (χ2n) is 5.18. The molecule has 0 saturated heterocycles. The molecular weight excluding hydrogens is 328 g/mol. The van der Waals surface area contributed by atoms with E-state index in [1.807, 2.05) is 47.4 Å². The van der Waals surface area contributed by atoms with Crippen molar-refractivity contribution in [3.63, 3.8) is 0 Å². The highest BCUT2D eigenvalue weighted by molar-refractivity contribution is 6.32. The van der Waals surface area contributed by atoms with Gasteiger partial charge in [0, 0.05) is 18.7 Å². The summed E-state index contributed by atoms with van der Waals surface area (Å²) < 4.78 is 10.9. The maximum atomic E-state index is 11.1. The van der Waals surface area contributed by atoms with Gasteiger partial charge in [-0.25, -0.2) is 0 Å². The molecule has 0 aliphatic heterocycles. The lowest BCUT2D eigenvalue weighted by atomic mass is 10.2. The zero-order valence-electron chi connectivity index (χ0n) is 13.6. The van der Waals surface area contributed by atoms with Crippen molar-refractivity contribution in [2.45, 2.75) is 6.42 Å². The van der Waals surface area contributed by atoms with Crippen molar-refractivity contribution in [1.82, 2.24) is 0 Å². The summed E-state index contributed by atoms with van der Waals surface area (Å²) in [5.41, 5.74) is 6.24. The molecule has 0 bridgehead atoms. The normalized spacial score (nSPS) is 10.2. The number of carbonyl (C=O) groups is 1. The van der Waals surface area contributed by atoms with E-state index in [1.54, 1.807) is 13.2 Å². The minimum absolute atomic E-state index is 0.276. The molecule has 6 heteroatoms. The Morgan fingerprint density at radius 1 is 1.12 bits per heavy atom. The molecule has 0 aromatic heterocycles. The van der Waals surface area contributed by atoms with Crippen LogP contribution in [0.15, 0.2) is 48.5 Å². The first kappa shape index (κ1) is 17.9. The van der Waals surface area contributed by atoms with E-state index >= 15 is 0 Å². The summed E-state index contributed by atoms with van der Waals surface area (Å²) in [6.07, 6.45) is 0.276. The quantitative estimate of drug-likeness (QED) is 0.756. The van der Waals surface area contributed by atoms with Crippen LogP contribution in [0.1, 0.15) is 6.42 Å². The number of benzene rings is 2. The van der Waals surface area contributed by atoms with Crippen molar-refractivity contribution >= 4 is 23.2 Å². The number of nitrogens with two attached hydrogens (primary N) is 1. The number of carbonyl (C=O) groups excluding carboxylic acids is 1. The van der Waals surface area contributed by atoms with Gasteiger partial charge in [0.2, 0.25) is 5.91 Å². The monoisotopic (exact) mass is 348 g/mol. The number of amides is 1.